The predicted molar refractivity (Wildman–Crippen MR) is 238 cm³/mol. The van der Waals surface area contributed by atoms with Crippen molar-refractivity contribution in [1.82, 2.24) is 0 Å². The number of aliphatic hydroxyl groups excluding tert-OH is 4. The zero-order valence-corrected chi connectivity index (χ0v) is 37.0. The summed E-state index contributed by atoms with van der Waals surface area (Å²) in [6.45, 7) is 3.33. The fourth-order valence-corrected chi connectivity index (χ4v) is 6.65. The van der Waals surface area contributed by atoms with Gasteiger partial charge >= 0.3 is 11.9 Å². The van der Waals surface area contributed by atoms with Crippen LogP contribution in [-0.2, 0) is 28.5 Å². The number of rotatable bonds is 38. The SMILES string of the molecule is CCCCC/C=C/C/C=C/CCCCCCCCCC(=O)OC[C@@H](CO[C@H]1O[C@@H](CO)[C@@H](O)C(O)C1O)OC(=O)CCC/C=C/C/C=C/C/C=C/CCCCCCCC. The molecule has 2 unspecified atom stereocenters. The van der Waals surface area contributed by atoms with Crippen LogP contribution in [0.25, 0.3) is 0 Å². The van der Waals surface area contributed by atoms with Gasteiger partial charge in [0.1, 0.15) is 31.0 Å². The first kappa shape index (κ1) is 54.4. The molecule has 0 aliphatic carbocycles. The third-order valence-electron chi connectivity index (χ3n) is 10.4. The van der Waals surface area contributed by atoms with E-state index in [1.807, 2.05) is 6.08 Å². The zero-order chi connectivity index (χ0) is 43.0. The lowest BCUT2D eigenvalue weighted by molar-refractivity contribution is -0.305. The number of aliphatic hydroxyl groups is 4. The molecule has 0 spiro atoms. The van der Waals surface area contributed by atoms with Crippen LogP contribution in [0.2, 0.25) is 0 Å². The number of carbonyl (C=O) groups is 2. The first-order valence-corrected chi connectivity index (χ1v) is 23.4. The van der Waals surface area contributed by atoms with Crippen LogP contribution >= 0.6 is 0 Å². The third kappa shape index (κ3) is 31.0. The molecule has 1 heterocycles. The second-order valence-electron chi connectivity index (χ2n) is 15.8. The molecule has 0 radical (unpaired) electrons. The van der Waals surface area contributed by atoms with E-state index in [0.717, 1.165) is 51.4 Å². The van der Waals surface area contributed by atoms with Crippen LogP contribution in [0.1, 0.15) is 181 Å². The molecule has 10 nitrogen and oxygen atoms in total. The van der Waals surface area contributed by atoms with E-state index in [9.17, 15) is 30.0 Å². The van der Waals surface area contributed by atoms with Crippen molar-refractivity contribution in [3.63, 3.8) is 0 Å². The van der Waals surface area contributed by atoms with Crippen molar-refractivity contribution in [3.8, 4) is 0 Å². The summed E-state index contributed by atoms with van der Waals surface area (Å²) in [5.41, 5.74) is 0. The van der Waals surface area contributed by atoms with Gasteiger partial charge in [-0.2, -0.15) is 0 Å². The lowest BCUT2D eigenvalue weighted by Gasteiger charge is -2.39. The van der Waals surface area contributed by atoms with Crippen LogP contribution < -0.4 is 0 Å². The van der Waals surface area contributed by atoms with Gasteiger partial charge in [-0.15, -0.1) is 0 Å². The molecule has 4 N–H and O–H groups in total. The van der Waals surface area contributed by atoms with Gasteiger partial charge in [0.15, 0.2) is 12.4 Å². The van der Waals surface area contributed by atoms with Crippen LogP contribution in [-0.4, -0.2) is 89.0 Å². The van der Waals surface area contributed by atoms with Crippen molar-refractivity contribution in [3.05, 3.63) is 60.8 Å². The van der Waals surface area contributed by atoms with E-state index in [-0.39, 0.29) is 26.1 Å². The molecular formula is C49H84O10. The summed E-state index contributed by atoms with van der Waals surface area (Å²) in [7, 11) is 0. The normalized spacial score (nSPS) is 20.5. The predicted octanol–water partition coefficient (Wildman–Crippen LogP) is 10.2. The van der Waals surface area contributed by atoms with Crippen molar-refractivity contribution in [2.24, 2.45) is 0 Å². The molecule has 0 aromatic rings. The Kier molecular flexibility index (Phi) is 36.5. The van der Waals surface area contributed by atoms with Gasteiger partial charge in [0, 0.05) is 12.8 Å². The van der Waals surface area contributed by atoms with Crippen molar-refractivity contribution >= 4 is 11.9 Å². The number of carbonyl (C=O) groups excluding carboxylic acids is 2. The molecule has 1 aliphatic heterocycles. The summed E-state index contributed by atoms with van der Waals surface area (Å²) in [5.74, 6) is -0.879. The third-order valence-corrected chi connectivity index (χ3v) is 10.4. The minimum atomic E-state index is -1.61. The maximum Gasteiger partial charge on any atom is 0.306 e. The highest BCUT2D eigenvalue weighted by atomic mass is 16.7. The van der Waals surface area contributed by atoms with Gasteiger partial charge in [-0.05, 0) is 77.0 Å². The van der Waals surface area contributed by atoms with Crippen molar-refractivity contribution in [2.75, 3.05) is 19.8 Å². The van der Waals surface area contributed by atoms with Crippen LogP contribution in [0.15, 0.2) is 60.8 Å². The van der Waals surface area contributed by atoms with E-state index in [0.29, 0.717) is 19.3 Å². The standard InChI is InChI=1S/C49H84O10/c1-3-5-7-9-11-13-15-17-19-21-23-25-27-29-31-33-35-37-44(51)56-40-42(41-57-49-48(55)47(54)46(53)43(39-50)59-49)58-45(52)38-36-34-32-30-28-26-24-22-20-18-16-14-12-10-8-6-4-2/h11,13,17-20,24,26,30,32,42-43,46-50,53-55H,3-10,12,14-16,21-23,25,27-29,31,33-41H2,1-2H3/b13-11+,19-17+,20-18+,26-24+,32-30+/t42-,43-,46+,47?,48?,49-/m0/s1. The minimum Gasteiger partial charge on any atom is -0.462 e. The molecule has 1 aliphatic rings. The van der Waals surface area contributed by atoms with Gasteiger partial charge in [0.25, 0.3) is 0 Å². The fraction of sp³-hybridized carbons (Fsp3) is 0.755. The number of allylic oxidation sites excluding steroid dienone is 10. The average molecular weight is 833 g/mol. The highest BCUT2D eigenvalue weighted by Crippen LogP contribution is 2.22. The second kappa shape index (κ2) is 39.5. The molecule has 6 atom stereocenters. The molecule has 59 heavy (non-hydrogen) atoms. The van der Waals surface area contributed by atoms with Gasteiger partial charge in [-0.1, -0.05) is 152 Å². The molecule has 1 rings (SSSR count). The Hall–Kier alpha value is -2.60. The molecule has 340 valence electrons. The zero-order valence-electron chi connectivity index (χ0n) is 37.0. The van der Waals surface area contributed by atoms with Crippen LogP contribution in [0.3, 0.4) is 0 Å². The topological polar surface area (TPSA) is 152 Å². The smallest absolute Gasteiger partial charge is 0.306 e. The Bertz CT molecular complexity index is 1150. The van der Waals surface area contributed by atoms with Crippen LogP contribution in [0.5, 0.6) is 0 Å². The van der Waals surface area contributed by atoms with Crippen LogP contribution in [0, 0.1) is 0 Å². The van der Waals surface area contributed by atoms with Gasteiger partial charge in [0.2, 0.25) is 0 Å². The second-order valence-corrected chi connectivity index (χ2v) is 15.8. The van der Waals surface area contributed by atoms with Gasteiger partial charge in [-0.3, -0.25) is 9.59 Å². The quantitative estimate of drug-likeness (QED) is 0.0269. The monoisotopic (exact) mass is 833 g/mol. The molecule has 0 amide bonds. The van der Waals surface area contributed by atoms with E-state index in [1.54, 1.807) is 0 Å². The summed E-state index contributed by atoms with van der Waals surface area (Å²) in [6, 6.07) is 0. The van der Waals surface area contributed by atoms with Crippen molar-refractivity contribution in [1.29, 1.82) is 0 Å². The molecule has 10 heteroatoms. The van der Waals surface area contributed by atoms with E-state index >= 15 is 0 Å². The molecule has 1 saturated heterocycles. The average Bonchev–Trinajstić information content (AvgIpc) is 3.23. The van der Waals surface area contributed by atoms with E-state index < -0.39 is 55.4 Å². The van der Waals surface area contributed by atoms with Gasteiger partial charge in [0.05, 0.1) is 13.2 Å². The Labute approximate surface area is 358 Å². The van der Waals surface area contributed by atoms with Gasteiger partial charge < -0.3 is 39.4 Å². The Morgan fingerprint density at radius 1 is 0.525 bits per heavy atom. The maximum absolute atomic E-state index is 12.8. The summed E-state index contributed by atoms with van der Waals surface area (Å²) in [4.78, 5) is 25.3. The Balaban J connectivity index is 2.36. The largest absolute Gasteiger partial charge is 0.462 e. The molecule has 0 bridgehead atoms. The fourth-order valence-electron chi connectivity index (χ4n) is 6.65. The Morgan fingerprint density at radius 3 is 1.51 bits per heavy atom. The van der Waals surface area contributed by atoms with Crippen LogP contribution in [0.4, 0.5) is 0 Å². The summed E-state index contributed by atoms with van der Waals surface area (Å²) in [6.07, 6.45) is 40.8. The molecule has 0 aromatic heterocycles. The number of hydrogen-bond acceptors (Lipinski definition) is 10. The summed E-state index contributed by atoms with van der Waals surface area (Å²) >= 11 is 0. The molecular weight excluding hydrogens is 749 g/mol. The number of hydrogen-bond donors (Lipinski definition) is 4. The highest BCUT2D eigenvalue weighted by Gasteiger charge is 2.44. The van der Waals surface area contributed by atoms with Gasteiger partial charge in [-0.25, -0.2) is 0 Å². The highest BCUT2D eigenvalue weighted by molar-refractivity contribution is 5.70. The lowest BCUT2D eigenvalue weighted by Crippen LogP contribution is -2.59. The lowest BCUT2D eigenvalue weighted by atomic mass is 9.99. The van der Waals surface area contributed by atoms with E-state index in [1.165, 1.54) is 83.5 Å². The molecule has 0 saturated carbocycles. The molecule has 0 aromatic carbocycles. The first-order valence-electron chi connectivity index (χ1n) is 23.4. The van der Waals surface area contributed by atoms with Crippen molar-refractivity contribution < 1.29 is 49.0 Å². The number of esters is 2. The Morgan fingerprint density at radius 2 is 0.966 bits per heavy atom. The number of unbranched alkanes of at least 4 members (excludes halogenated alkanes) is 17. The van der Waals surface area contributed by atoms with E-state index in [4.69, 9.17) is 18.9 Å². The van der Waals surface area contributed by atoms with Crippen molar-refractivity contribution in [2.45, 2.75) is 218 Å². The maximum atomic E-state index is 12.8. The summed E-state index contributed by atoms with van der Waals surface area (Å²) < 4.78 is 22.1. The minimum absolute atomic E-state index is 0.154. The molecule has 1 fully saturated rings. The first-order chi connectivity index (χ1) is 28.8. The number of ether oxygens (including phenoxy) is 4. The summed E-state index contributed by atoms with van der Waals surface area (Å²) in [5, 5.41) is 40.1. The van der Waals surface area contributed by atoms with E-state index in [2.05, 4.69) is 68.5 Å².